The lowest BCUT2D eigenvalue weighted by atomic mass is 9.44. The predicted octanol–water partition coefficient (Wildman–Crippen LogP) is 7.74. The van der Waals surface area contributed by atoms with Gasteiger partial charge in [0.2, 0.25) is 0 Å². The maximum Gasteiger partial charge on any atom is 0.321 e. The molecule has 3 nitrogen and oxygen atoms in total. The van der Waals surface area contributed by atoms with E-state index in [1.54, 1.807) is 0 Å². The first kappa shape index (κ1) is 26.3. The number of hydrogen-bond acceptors (Lipinski definition) is 2. The van der Waals surface area contributed by atoms with Gasteiger partial charge in [-0.1, -0.05) is 70.9 Å². The lowest BCUT2D eigenvalue weighted by Crippen LogP contribution is -2.56. The molecule has 4 aliphatic carbocycles. The van der Waals surface area contributed by atoms with E-state index in [1.807, 2.05) is 30.3 Å². The van der Waals surface area contributed by atoms with Gasteiger partial charge in [-0.25, -0.2) is 0 Å². The highest BCUT2D eigenvalue weighted by atomic mass is 16.4. The molecule has 5 rings (SSSR count). The van der Waals surface area contributed by atoms with Crippen molar-refractivity contribution in [3.05, 3.63) is 35.9 Å². The minimum atomic E-state index is -0.712. The molecule has 4 fully saturated rings. The summed E-state index contributed by atoms with van der Waals surface area (Å²) in [5.41, 5.74) is 2.13. The van der Waals surface area contributed by atoms with Crippen molar-refractivity contribution in [3.63, 3.8) is 0 Å². The van der Waals surface area contributed by atoms with Crippen molar-refractivity contribution in [1.82, 2.24) is 5.32 Å². The van der Waals surface area contributed by atoms with Crippen LogP contribution >= 0.6 is 0 Å². The molecule has 5 unspecified atom stereocenters. The SMILES string of the molecule is CCC[C@@H](C)[C@H]1CCC2C3CCC4CC(N[C@@H](Cc5ccccc5)C(=O)O)CC[C@]4(C)C3CC[C@@]21C. The second-order valence-electron chi connectivity index (χ2n) is 13.9. The van der Waals surface area contributed by atoms with Gasteiger partial charge in [-0.2, -0.15) is 0 Å². The van der Waals surface area contributed by atoms with Gasteiger partial charge in [0.15, 0.2) is 0 Å². The average molecular weight is 494 g/mol. The molecular formula is C33H51NO2. The highest BCUT2D eigenvalue weighted by Gasteiger charge is 2.60. The summed E-state index contributed by atoms with van der Waals surface area (Å²) >= 11 is 0. The maximum atomic E-state index is 12.1. The lowest BCUT2D eigenvalue weighted by molar-refractivity contribution is -0.140. The number of rotatable bonds is 8. The largest absolute Gasteiger partial charge is 0.480 e. The number of carboxylic acids is 1. The van der Waals surface area contributed by atoms with Crippen molar-refractivity contribution < 1.29 is 9.90 Å². The molecule has 1 aromatic carbocycles. The molecule has 10 atom stereocenters. The van der Waals surface area contributed by atoms with Crippen LogP contribution in [-0.2, 0) is 11.2 Å². The van der Waals surface area contributed by atoms with E-state index in [0.29, 0.717) is 23.3 Å². The fraction of sp³-hybridized carbons (Fsp3) is 0.788. The van der Waals surface area contributed by atoms with Crippen molar-refractivity contribution in [2.75, 3.05) is 0 Å². The van der Waals surface area contributed by atoms with Crippen molar-refractivity contribution in [2.24, 2.45) is 46.3 Å². The van der Waals surface area contributed by atoms with E-state index in [2.05, 4.69) is 33.0 Å². The van der Waals surface area contributed by atoms with Gasteiger partial charge in [0, 0.05) is 6.04 Å². The van der Waals surface area contributed by atoms with Gasteiger partial charge in [-0.15, -0.1) is 0 Å². The first-order chi connectivity index (χ1) is 17.3. The van der Waals surface area contributed by atoms with Gasteiger partial charge in [0.05, 0.1) is 0 Å². The molecule has 3 heteroatoms. The molecule has 0 radical (unpaired) electrons. The molecule has 2 N–H and O–H groups in total. The van der Waals surface area contributed by atoms with Crippen LogP contribution in [0.25, 0.3) is 0 Å². The van der Waals surface area contributed by atoms with Crippen molar-refractivity contribution >= 4 is 5.97 Å². The Labute approximate surface area is 220 Å². The topological polar surface area (TPSA) is 49.3 Å². The first-order valence-corrected chi connectivity index (χ1v) is 15.3. The summed E-state index contributed by atoms with van der Waals surface area (Å²) < 4.78 is 0. The molecule has 4 saturated carbocycles. The van der Waals surface area contributed by atoms with Crippen molar-refractivity contribution in [3.8, 4) is 0 Å². The van der Waals surface area contributed by atoms with Crippen LogP contribution in [0.4, 0.5) is 0 Å². The molecule has 0 bridgehead atoms. The molecule has 0 amide bonds. The summed E-state index contributed by atoms with van der Waals surface area (Å²) in [6, 6.07) is 9.94. The van der Waals surface area contributed by atoms with Gasteiger partial charge in [0.1, 0.15) is 6.04 Å². The number of hydrogen-bond donors (Lipinski definition) is 2. The quantitative estimate of drug-likeness (QED) is 0.389. The standard InChI is InChI=1S/C33H51NO2/c1-5-9-22(2)27-14-15-28-26-13-12-24-21-25(16-18-32(24,3)29(26)17-19-33(27,28)4)34-30(31(35)36)20-23-10-7-6-8-11-23/h6-8,10-11,22,24-30,34H,5,9,12-21H2,1-4H3,(H,35,36)/t22-,24?,25?,26?,27-,28?,29?,30+,32+,33-/m1/s1. The summed E-state index contributed by atoms with van der Waals surface area (Å²) in [6.45, 7) is 10.2. The third-order valence-electron chi connectivity index (χ3n) is 12.2. The Hall–Kier alpha value is -1.35. The van der Waals surface area contributed by atoms with E-state index in [9.17, 15) is 9.90 Å². The van der Waals surface area contributed by atoms with Crippen molar-refractivity contribution in [2.45, 2.75) is 117 Å². The highest BCUT2D eigenvalue weighted by Crippen LogP contribution is 2.68. The van der Waals surface area contributed by atoms with Crippen molar-refractivity contribution in [1.29, 1.82) is 0 Å². The Kier molecular flexibility index (Phi) is 7.61. The highest BCUT2D eigenvalue weighted by molar-refractivity contribution is 5.74. The number of carboxylic acid groups (broad SMARTS) is 1. The van der Waals surface area contributed by atoms with Gasteiger partial charge in [-0.3, -0.25) is 4.79 Å². The Balaban J connectivity index is 1.25. The molecule has 0 saturated heterocycles. The fourth-order valence-electron chi connectivity index (χ4n) is 10.4. The van der Waals surface area contributed by atoms with E-state index in [-0.39, 0.29) is 0 Å². The average Bonchev–Trinajstić information content (AvgIpc) is 3.22. The third kappa shape index (κ3) is 4.67. The van der Waals surface area contributed by atoms with Crippen LogP contribution in [0.5, 0.6) is 0 Å². The van der Waals surface area contributed by atoms with E-state index in [4.69, 9.17) is 0 Å². The van der Waals surface area contributed by atoms with Crippen LogP contribution in [0.3, 0.4) is 0 Å². The molecule has 36 heavy (non-hydrogen) atoms. The molecule has 0 heterocycles. The van der Waals surface area contributed by atoms with Crippen LogP contribution in [0, 0.1) is 46.3 Å². The fourth-order valence-corrected chi connectivity index (χ4v) is 10.4. The zero-order chi connectivity index (χ0) is 25.5. The molecule has 0 aliphatic heterocycles. The second-order valence-corrected chi connectivity index (χ2v) is 13.9. The zero-order valence-electron chi connectivity index (χ0n) is 23.3. The van der Waals surface area contributed by atoms with Gasteiger partial charge in [0.25, 0.3) is 0 Å². The van der Waals surface area contributed by atoms with E-state index >= 15 is 0 Å². The third-order valence-corrected chi connectivity index (χ3v) is 12.2. The van der Waals surface area contributed by atoms with Crippen LogP contribution in [-0.4, -0.2) is 23.2 Å². The number of nitrogens with one attached hydrogen (secondary N) is 1. The molecular weight excluding hydrogens is 442 g/mol. The monoisotopic (exact) mass is 493 g/mol. The number of carbonyl (C=O) groups is 1. The minimum absolute atomic E-state index is 0.337. The normalized spacial score (nSPS) is 41.6. The van der Waals surface area contributed by atoms with Gasteiger partial charge < -0.3 is 10.4 Å². The van der Waals surface area contributed by atoms with Crippen LogP contribution in [0.2, 0.25) is 0 Å². The molecule has 1 aromatic rings. The summed E-state index contributed by atoms with van der Waals surface area (Å²) in [4.78, 5) is 12.1. The number of benzene rings is 1. The van der Waals surface area contributed by atoms with Gasteiger partial charge >= 0.3 is 5.97 Å². The Morgan fingerprint density at radius 1 is 1.00 bits per heavy atom. The summed E-state index contributed by atoms with van der Waals surface area (Å²) in [5, 5.41) is 13.5. The summed E-state index contributed by atoms with van der Waals surface area (Å²) in [6.07, 6.45) is 15.5. The molecule has 4 aliphatic rings. The number of aliphatic carboxylic acids is 1. The molecule has 0 spiro atoms. The van der Waals surface area contributed by atoms with Crippen LogP contribution in [0.1, 0.15) is 104 Å². The molecule has 200 valence electrons. The number of fused-ring (bicyclic) bond motifs is 5. The summed E-state index contributed by atoms with van der Waals surface area (Å²) in [7, 11) is 0. The van der Waals surface area contributed by atoms with E-state index in [0.717, 1.165) is 53.9 Å². The minimum Gasteiger partial charge on any atom is -0.480 e. The van der Waals surface area contributed by atoms with Gasteiger partial charge in [-0.05, 0) is 116 Å². The van der Waals surface area contributed by atoms with E-state index < -0.39 is 12.0 Å². The maximum absolute atomic E-state index is 12.1. The van der Waals surface area contributed by atoms with E-state index in [1.165, 1.54) is 57.8 Å². The lowest BCUT2D eigenvalue weighted by Gasteiger charge is -2.61. The molecule has 0 aromatic heterocycles. The van der Waals surface area contributed by atoms with Crippen LogP contribution < -0.4 is 5.32 Å². The second kappa shape index (κ2) is 10.4. The summed E-state index contributed by atoms with van der Waals surface area (Å²) in [5.74, 6) is 4.61. The Morgan fingerprint density at radius 3 is 2.44 bits per heavy atom. The first-order valence-electron chi connectivity index (χ1n) is 15.3. The van der Waals surface area contributed by atoms with Crippen LogP contribution in [0.15, 0.2) is 30.3 Å². The smallest absolute Gasteiger partial charge is 0.321 e. The Morgan fingerprint density at radius 2 is 1.72 bits per heavy atom. The predicted molar refractivity (Wildman–Crippen MR) is 148 cm³/mol. The Bertz CT molecular complexity index is 900. The zero-order valence-corrected chi connectivity index (χ0v) is 23.3.